The van der Waals surface area contributed by atoms with Crippen molar-refractivity contribution in [2.24, 2.45) is 0 Å². The standard InChI is InChI=1S/C53H58ClN3O21S5/c1-52(2)44(55(22-6-10-48(60)78-57-46(58)19-20-47(57)59)40-15-13-36-38(49(40)52)28-34(80(64,65)66)30-42(36)82(70,71)72)17-11-32-8-5-9-33(51(32)54)12-18-45-53(3,21-7-27-79(61,62)63)50-39-29-35(81(67,68)69)31-43(83(73,74)75)37(39)14-16-41(50)56(45)23-24-77-26-25-76-4/h11-18,28-31H,5-10,19-27H2,1-4H3,(H4-,61,62,63,64,65,66,67,68,69,70,71,72,73,74,75)/p+1. The number of carbonyl (C=O) groups is 3. The third kappa shape index (κ3) is 13.2. The van der Waals surface area contributed by atoms with E-state index in [0.717, 1.165) is 12.1 Å². The van der Waals surface area contributed by atoms with Gasteiger partial charge in [0.1, 0.15) is 16.3 Å². The average Bonchev–Trinajstić information content (AvgIpc) is 2.20. The summed E-state index contributed by atoms with van der Waals surface area (Å²) in [6, 6.07) is 9.24. The maximum absolute atomic E-state index is 13.0. The first-order valence-electron chi connectivity index (χ1n) is 25.7. The van der Waals surface area contributed by atoms with Gasteiger partial charge in [0.15, 0.2) is 5.71 Å². The van der Waals surface area contributed by atoms with E-state index in [1.807, 2.05) is 4.90 Å². The second-order valence-electron chi connectivity index (χ2n) is 20.9. The van der Waals surface area contributed by atoms with Crippen molar-refractivity contribution in [3.8, 4) is 0 Å². The van der Waals surface area contributed by atoms with Crippen molar-refractivity contribution in [1.82, 2.24) is 5.06 Å². The van der Waals surface area contributed by atoms with Crippen molar-refractivity contribution >= 4 is 119 Å². The van der Waals surface area contributed by atoms with Crippen molar-refractivity contribution in [3.05, 3.63) is 106 Å². The van der Waals surface area contributed by atoms with Crippen LogP contribution in [0.2, 0.25) is 0 Å². The Morgan fingerprint density at radius 2 is 1.29 bits per heavy atom. The van der Waals surface area contributed by atoms with E-state index in [0.29, 0.717) is 86.5 Å². The zero-order valence-corrected chi connectivity index (χ0v) is 49.9. The second kappa shape index (κ2) is 23.6. The van der Waals surface area contributed by atoms with Crippen LogP contribution in [0.1, 0.15) is 89.7 Å². The lowest BCUT2D eigenvalue weighted by molar-refractivity contribution is -0.438. The first-order chi connectivity index (χ1) is 38.6. The van der Waals surface area contributed by atoms with E-state index in [1.165, 1.54) is 19.2 Å². The van der Waals surface area contributed by atoms with Crippen LogP contribution in [0, 0.1) is 0 Å². The van der Waals surface area contributed by atoms with Gasteiger partial charge in [-0.1, -0.05) is 29.8 Å². The molecule has 448 valence electrons. The number of methoxy groups -OCH3 is 1. The monoisotopic (exact) mass is 1270 g/mol. The molecule has 8 rings (SSSR count). The molecule has 0 spiro atoms. The Morgan fingerprint density at radius 1 is 0.699 bits per heavy atom. The molecule has 1 saturated heterocycles. The number of hydroxylamine groups is 2. The van der Waals surface area contributed by atoms with Crippen molar-refractivity contribution < 1.29 is 98.1 Å². The number of halogens is 1. The highest BCUT2D eigenvalue weighted by Gasteiger charge is 2.48. The molecule has 30 heteroatoms. The van der Waals surface area contributed by atoms with E-state index in [-0.39, 0.29) is 93.0 Å². The molecule has 1 fully saturated rings. The smallest absolute Gasteiger partial charge is 0.333 e. The molecule has 4 aliphatic rings. The first-order valence-corrected chi connectivity index (χ1v) is 33.4. The molecular weight excluding hydrogens is 1210 g/mol. The number of fused-ring (bicyclic) bond motifs is 6. The number of hydrogen-bond acceptors (Lipinski definition) is 17. The lowest BCUT2D eigenvalue weighted by Gasteiger charge is -2.31. The van der Waals surface area contributed by atoms with Crippen LogP contribution in [0.4, 0.5) is 11.4 Å². The van der Waals surface area contributed by atoms with Gasteiger partial charge in [0.05, 0.1) is 47.2 Å². The number of imide groups is 1. The van der Waals surface area contributed by atoms with Crippen LogP contribution in [0.25, 0.3) is 21.5 Å². The third-order valence-corrected chi connectivity index (χ3v) is 19.8. The molecular formula is C53H59ClN3O21S5+. The van der Waals surface area contributed by atoms with Crippen LogP contribution in [0.5, 0.6) is 0 Å². The molecule has 5 N–H and O–H groups in total. The summed E-state index contributed by atoms with van der Waals surface area (Å²) in [5.74, 6) is -2.92. The molecule has 2 amide bonds. The molecule has 3 heterocycles. The summed E-state index contributed by atoms with van der Waals surface area (Å²) in [6.07, 6.45) is 7.69. The Bertz CT molecular complexity index is 4160. The number of carbonyl (C=O) groups excluding carboxylic acids is 3. The minimum atomic E-state index is -5.14. The zero-order chi connectivity index (χ0) is 61.0. The predicted molar refractivity (Wildman–Crippen MR) is 301 cm³/mol. The molecule has 1 atom stereocenters. The molecule has 3 aliphatic heterocycles. The third-order valence-electron chi connectivity index (χ3n) is 15.1. The van der Waals surface area contributed by atoms with Crippen LogP contribution in [0.15, 0.2) is 114 Å². The molecule has 1 aliphatic carbocycles. The van der Waals surface area contributed by atoms with Gasteiger partial charge >= 0.3 is 5.97 Å². The lowest BCUT2D eigenvalue weighted by Crippen LogP contribution is -2.32. The van der Waals surface area contributed by atoms with E-state index < -0.39 is 105 Å². The topological polar surface area (TPSA) is 360 Å². The molecule has 0 bridgehead atoms. The van der Waals surface area contributed by atoms with Gasteiger partial charge in [-0.05, 0) is 123 Å². The van der Waals surface area contributed by atoms with Gasteiger partial charge < -0.3 is 19.2 Å². The molecule has 4 aromatic carbocycles. The lowest BCUT2D eigenvalue weighted by atomic mass is 9.75. The van der Waals surface area contributed by atoms with E-state index in [2.05, 4.69) is 0 Å². The number of anilines is 1. The Balaban J connectivity index is 1.26. The van der Waals surface area contributed by atoms with Crippen LogP contribution in [-0.2, 0) is 90.1 Å². The van der Waals surface area contributed by atoms with Gasteiger partial charge in [-0.2, -0.15) is 46.7 Å². The van der Waals surface area contributed by atoms with E-state index >= 15 is 0 Å². The largest absolute Gasteiger partial charge is 0.382 e. The Labute approximate surface area is 484 Å². The highest BCUT2D eigenvalue weighted by molar-refractivity contribution is 7.87. The number of benzene rings is 4. The Kier molecular flexibility index (Phi) is 18.0. The summed E-state index contributed by atoms with van der Waals surface area (Å²) >= 11 is 7.33. The summed E-state index contributed by atoms with van der Waals surface area (Å²) in [6.45, 7) is 5.93. The number of rotatable bonds is 22. The summed E-state index contributed by atoms with van der Waals surface area (Å²) < 4.78 is 190. The molecule has 0 saturated carbocycles. The number of amides is 2. The van der Waals surface area contributed by atoms with E-state index in [1.54, 1.807) is 61.8 Å². The van der Waals surface area contributed by atoms with Gasteiger partial charge in [0.2, 0.25) is 5.69 Å². The normalized spacial score (nSPS) is 19.9. The van der Waals surface area contributed by atoms with Crippen LogP contribution >= 0.6 is 11.6 Å². The summed E-state index contributed by atoms with van der Waals surface area (Å²) in [5.41, 5.74) is 1.22. The fourth-order valence-corrected chi connectivity index (χ4v) is 14.9. The van der Waals surface area contributed by atoms with Crippen molar-refractivity contribution in [3.63, 3.8) is 0 Å². The fraction of sp³-hybridized carbons (Fsp3) is 0.396. The van der Waals surface area contributed by atoms with Gasteiger partial charge in [-0.25, -0.2) is 4.79 Å². The van der Waals surface area contributed by atoms with E-state index in [9.17, 15) is 79.2 Å². The Morgan fingerprint density at radius 3 is 1.86 bits per heavy atom. The second-order valence-corrected chi connectivity index (χ2v) is 28.5. The quantitative estimate of drug-likeness (QED) is 0.0231. The number of nitrogens with zero attached hydrogens (tertiary/aromatic N) is 3. The minimum absolute atomic E-state index is 0.0202. The van der Waals surface area contributed by atoms with Crippen molar-refractivity contribution in [1.29, 1.82) is 0 Å². The van der Waals surface area contributed by atoms with Crippen LogP contribution < -0.4 is 4.90 Å². The molecule has 83 heavy (non-hydrogen) atoms. The minimum Gasteiger partial charge on any atom is -0.382 e. The summed E-state index contributed by atoms with van der Waals surface area (Å²) in [7, 11) is -23.4. The predicted octanol–water partition coefficient (Wildman–Crippen LogP) is 6.90. The average molecular weight is 1270 g/mol. The molecule has 4 aromatic rings. The van der Waals surface area contributed by atoms with Gasteiger partial charge in [-0.15, -0.1) is 5.06 Å². The number of allylic oxidation sites excluding steroid dienone is 8. The van der Waals surface area contributed by atoms with Gasteiger partial charge in [0, 0.05) is 83.2 Å². The number of ether oxygens (including phenoxy) is 2. The van der Waals surface area contributed by atoms with Crippen molar-refractivity contribution in [2.45, 2.75) is 109 Å². The van der Waals surface area contributed by atoms with Crippen molar-refractivity contribution in [2.75, 3.05) is 50.7 Å². The Hall–Kier alpha value is -5.80. The van der Waals surface area contributed by atoms with E-state index in [4.69, 9.17) is 25.9 Å². The molecule has 0 aromatic heterocycles. The molecule has 1 unspecified atom stereocenters. The fourth-order valence-electron chi connectivity index (χ4n) is 11.4. The van der Waals surface area contributed by atoms with Crippen LogP contribution in [0.3, 0.4) is 0 Å². The highest BCUT2D eigenvalue weighted by Crippen LogP contribution is 2.54. The molecule has 0 radical (unpaired) electrons. The van der Waals surface area contributed by atoms with Crippen LogP contribution in [-0.4, -0.2) is 144 Å². The molecule has 24 nitrogen and oxygen atoms in total. The SMILES string of the molecule is COCCOCCN1C(=CC=C2CCCC(C=CC3=[N+](CCCC(=O)ON4C(=O)CCC4=O)c4ccc5c(S(=O)(=O)O)cc(S(=O)(=O)O)cc5c4C3(C)C)=C2Cl)C(C)(CCCS(=O)(=O)O)c2c1ccc1c(S(=O)(=O)O)cc(S(=O)(=O)O)cc21. The summed E-state index contributed by atoms with van der Waals surface area (Å²) in [4.78, 5) is 41.0. The zero-order valence-electron chi connectivity index (χ0n) is 45.1. The highest BCUT2D eigenvalue weighted by atomic mass is 35.5. The van der Waals surface area contributed by atoms with Gasteiger partial charge in [0.25, 0.3) is 62.4 Å². The maximum Gasteiger partial charge on any atom is 0.333 e. The number of hydrogen-bond donors (Lipinski definition) is 5. The first kappa shape index (κ1) is 63.2. The summed E-state index contributed by atoms with van der Waals surface area (Å²) in [5, 5.41) is 0.563. The van der Waals surface area contributed by atoms with Gasteiger partial charge in [-0.3, -0.25) is 32.4 Å². The maximum atomic E-state index is 13.0.